The van der Waals surface area contributed by atoms with E-state index in [9.17, 15) is 4.39 Å². The van der Waals surface area contributed by atoms with E-state index >= 15 is 0 Å². The normalized spacial score (nSPS) is 30.3. The summed E-state index contributed by atoms with van der Waals surface area (Å²) in [7, 11) is 1.52. The van der Waals surface area contributed by atoms with Crippen LogP contribution in [0.3, 0.4) is 0 Å². The Morgan fingerprint density at radius 2 is 1.92 bits per heavy atom. The summed E-state index contributed by atoms with van der Waals surface area (Å²) in [5.41, 5.74) is 1.16. The van der Waals surface area contributed by atoms with E-state index in [1.807, 2.05) is 0 Å². The molecule has 3 rings (SSSR count). The first-order valence-corrected chi connectivity index (χ1v) is 9.71. The SMILES string of the molecule is CCCC=CC1CCC2CC(c3ccc(OC)c(F)c3)CCC2C1. The van der Waals surface area contributed by atoms with Crippen LogP contribution in [-0.2, 0) is 0 Å². The molecular weight excluding hydrogens is 299 g/mol. The number of hydrogen-bond donors (Lipinski definition) is 0. The van der Waals surface area contributed by atoms with Gasteiger partial charge in [-0.15, -0.1) is 0 Å². The fraction of sp³-hybridized carbons (Fsp3) is 0.636. The number of unbranched alkanes of at least 4 members (excludes halogenated alkanes) is 1. The van der Waals surface area contributed by atoms with Crippen LogP contribution in [-0.4, -0.2) is 7.11 Å². The van der Waals surface area contributed by atoms with Crippen molar-refractivity contribution in [2.45, 2.75) is 64.2 Å². The number of halogens is 1. The summed E-state index contributed by atoms with van der Waals surface area (Å²) in [6, 6.07) is 5.54. The van der Waals surface area contributed by atoms with E-state index in [4.69, 9.17) is 4.74 Å². The molecule has 132 valence electrons. The largest absolute Gasteiger partial charge is 0.494 e. The van der Waals surface area contributed by atoms with Crippen molar-refractivity contribution < 1.29 is 9.13 Å². The summed E-state index contributed by atoms with van der Waals surface area (Å²) in [4.78, 5) is 0. The molecule has 0 amide bonds. The molecular formula is C22H31FO. The Bertz CT molecular complexity index is 565. The molecule has 2 saturated carbocycles. The van der Waals surface area contributed by atoms with Crippen molar-refractivity contribution in [1.82, 2.24) is 0 Å². The van der Waals surface area contributed by atoms with Crippen molar-refractivity contribution in [2.75, 3.05) is 7.11 Å². The van der Waals surface area contributed by atoms with Crippen LogP contribution in [0.4, 0.5) is 4.39 Å². The van der Waals surface area contributed by atoms with E-state index in [-0.39, 0.29) is 5.82 Å². The van der Waals surface area contributed by atoms with Gasteiger partial charge in [0.05, 0.1) is 7.11 Å². The predicted octanol–water partition coefficient (Wildman–Crippen LogP) is 6.49. The lowest BCUT2D eigenvalue weighted by atomic mass is 9.64. The van der Waals surface area contributed by atoms with Crippen LogP contribution in [0, 0.1) is 23.6 Å². The predicted molar refractivity (Wildman–Crippen MR) is 97.9 cm³/mol. The number of fused-ring (bicyclic) bond motifs is 1. The number of methoxy groups -OCH3 is 1. The average molecular weight is 330 g/mol. The molecule has 0 heterocycles. The van der Waals surface area contributed by atoms with Gasteiger partial charge >= 0.3 is 0 Å². The summed E-state index contributed by atoms with van der Waals surface area (Å²) in [5, 5.41) is 0. The van der Waals surface area contributed by atoms with Crippen LogP contribution in [0.15, 0.2) is 30.4 Å². The Morgan fingerprint density at radius 1 is 1.12 bits per heavy atom. The third kappa shape index (κ3) is 4.02. The standard InChI is InChI=1S/C22H31FO/c1-3-4-5-6-16-7-8-18-14-19(10-9-17(18)13-16)20-11-12-22(24-2)21(23)15-20/h5-6,11-12,15-19H,3-4,7-10,13-14H2,1-2H3. The second-order valence-corrected chi connectivity index (χ2v) is 7.71. The van der Waals surface area contributed by atoms with Crippen molar-refractivity contribution in [1.29, 1.82) is 0 Å². The molecule has 0 aromatic heterocycles. The van der Waals surface area contributed by atoms with Crippen molar-refractivity contribution in [2.24, 2.45) is 17.8 Å². The second-order valence-electron chi connectivity index (χ2n) is 7.71. The fourth-order valence-corrected chi connectivity index (χ4v) is 4.79. The smallest absolute Gasteiger partial charge is 0.165 e. The van der Waals surface area contributed by atoms with Crippen molar-refractivity contribution >= 4 is 0 Å². The van der Waals surface area contributed by atoms with E-state index in [1.165, 1.54) is 58.5 Å². The second kappa shape index (κ2) is 8.18. The van der Waals surface area contributed by atoms with Gasteiger partial charge in [-0.05, 0) is 86.3 Å². The van der Waals surface area contributed by atoms with E-state index in [1.54, 1.807) is 12.1 Å². The molecule has 1 aromatic carbocycles. The molecule has 1 aromatic rings. The van der Waals surface area contributed by atoms with Crippen LogP contribution in [0.2, 0.25) is 0 Å². The number of hydrogen-bond acceptors (Lipinski definition) is 1. The number of ether oxygens (including phenoxy) is 1. The minimum absolute atomic E-state index is 0.220. The molecule has 2 aliphatic carbocycles. The minimum Gasteiger partial charge on any atom is -0.494 e. The summed E-state index contributed by atoms with van der Waals surface area (Å²) >= 11 is 0. The molecule has 0 spiro atoms. The summed E-state index contributed by atoms with van der Waals surface area (Å²) in [5.74, 6) is 3.18. The molecule has 2 aliphatic rings. The quantitative estimate of drug-likeness (QED) is 0.561. The van der Waals surface area contributed by atoms with Crippen molar-refractivity contribution in [3.05, 3.63) is 41.7 Å². The monoisotopic (exact) mass is 330 g/mol. The van der Waals surface area contributed by atoms with E-state index < -0.39 is 0 Å². The summed E-state index contributed by atoms with van der Waals surface area (Å²) in [6.07, 6.45) is 15.1. The first-order valence-electron chi connectivity index (χ1n) is 9.71. The minimum atomic E-state index is -0.220. The molecule has 2 fully saturated rings. The van der Waals surface area contributed by atoms with Crippen molar-refractivity contribution in [3.63, 3.8) is 0 Å². The van der Waals surface area contributed by atoms with Gasteiger partial charge in [0, 0.05) is 0 Å². The molecule has 24 heavy (non-hydrogen) atoms. The molecule has 2 heteroatoms. The lowest BCUT2D eigenvalue weighted by Crippen LogP contribution is -2.30. The lowest BCUT2D eigenvalue weighted by Gasteiger charge is -2.42. The van der Waals surface area contributed by atoms with Crippen molar-refractivity contribution in [3.8, 4) is 5.75 Å². The van der Waals surface area contributed by atoms with Crippen LogP contribution >= 0.6 is 0 Å². The molecule has 0 N–H and O–H groups in total. The highest BCUT2D eigenvalue weighted by molar-refractivity contribution is 5.31. The zero-order valence-corrected chi connectivity index (χ0v) is 15.1. The topological polar surface area (TPSA) is 9.23 Å². The summed E-state index contributed by atoms with van der Waals surface area (Å²) in [6.45, 7) is 2.24. The fourth-order valence-electron chi connectivity index (χ4n) is 4.79. The van der Waals surface area contributed by atoms with E-state index in [0.717, 1.165) is 23.3 Å². The first kappa shape index (κ1) is 17.5. The zero-order valence-electron chi connectivity index (χ0n) is 15.1. The Kier molecular flexibility index (Phi) is 5.97. The number of allylic oxidation sites excluding steroid dienone is 2. The van der Waals surface area contributed by atoms with Crippen LogP contribution < -0.4 is 4.74 Å². The highest BCUT2D eigenvalue weighted by Gasteiger charge is 2.35. The molecule has 4 unspecified atom stereocenters. The maximum Gasteiger partial charge on any atom is 0.165 e. The van der Waals surface area contributed by atoms with Gasteiger partial charge in [-0.1, -0.05) is 31.6 Å². The molecule has 0 saturated heterocycles. The third-order valence-electron chi connectivity index (χ3n) is 6.16. The molecule has 4 atom stereocenters. The Hall–Kier alpha value is -1.31. The zero-order chi connectivity index (χ0) is 16.9. The van der Waals surface area contributed by atoms with Gasteiger partial charge in [-0.25, -0.2) is 4.39 Å². The highest BCUT2D eigenvalue weighted by Crippen LogP contribution is 2.48. The lowest BCUT2D eigenvalue weighted by molar-refractivity contribution is 0.133. The Labute approximate surface area is 146 Å². The molecule has 0 radical (unpaired) electrons. The Morgan fingerprint density at radius 3 is 2.67 bits per heavy atom. The third-order valence-corrected chi connectivity index (χ3v) is 6.16. The highest BCUT2D eigenvalue weighted by atomic mass is 19.1. The molecule has 0 aliphatic heterocycles. The van der Waals surface area contributed by atoms with Gasteiger partial charge in [0.2, 0.25) is 0 Å². The van der Waals surface area contributed by atoms with Gasteiger partial charge in [-0.2, -0.15) is 0 Å². The van der Waals surface area contributed by atoms with Gasteiger partial charge < -0.3 is 4.74 Å². The molecule has 1 nitrogen and oxygen atoms in total. The maximum absolute atomic E-state index is 14.0. The average Bonchev–Trinajstić information content (AvgIpc) is 2.61. The van der Waals surface area contributed by atoms with Crippen LogP contribution in [0.25, 0.3) is 0 Å². The van der Waals surface area contributed by atoms with Gasteiger partial charge in [0.1, 0.15) is 0 Å². The van der Waals surface area contributed by atoms with E-state index in [0.29, 0.717) is 11.7 Å². The van der Waals surface area contributed by atoms with Gasteiger partial charge in [0.25, 0.3) is 0 Å². The maximum atomic E-state index is 14.0. The Balaban J connectivity index is 1.59. The number of rotatable bonds is 5. The first-order chi connectivity index (χ1) is 11.7. The van der Waals surface area contributed by atoms with Crippen LogP contribution in [0.1, 0.15) is 69.8 Å². The van der Waals surface area contributed by atoms with Gasteiger partial charge in [-0.3, -0.25) is 0 Å². The molecule has 0 bridgehead atoms. The van der Waals surface area contributed by atoms with Gasteiger partial charge in [0.15, 0.2) is 11.6 Å². The van der Waals surface area contributed by atoms with E-state index in [2.05, 4.69) is 25.1 Å². The van der Waals surface area contributed by atoms with Crippen LogP contribution in [0.5, 0.6) is 5.75 Å². The summed E-state index contributed by atoms with van der Waals surface area (Å²) < 4.78 is 19.0. The number of benzene rings is 1.